The second kappa shape index (κ2) is 10.8. The van der Waals surface area contributed by atoms with E-state index in [-0.39, 0.29) is 23.3 Å². The predicted octanol–water partition coefficient (Wildman–Crippen LogP) is 2.99. The molecule has 0 aromatic rings. The molecule has 3 fully saturated rings. The van der Waals surface area contributed by atoms with Crippen LogP contribution in [-0.4, -0.2) is 89.9 Å². The second-order valence-corrected chi connectivity index (χ2v) is 19.2. The van der Waals surface area contributed by atoms with Crippen molar-refractivity contribution < 1.29 is 28.7 Å². The fourth-order valence-electron chi connectivity index (χ4n) is 5.02. The van der Waals surface area contributed by atoms with Crippen molar-refractivity contribution in [3.8, 4) is 0 Å². The summed E-state index contributed by atoms with van der Waals surface area (Å²) < 4.78 is 11.0. The molecule has 10 nitrogen and oxygen atoms in total. The molecule has 3 saturated heterocycles. The van der Waals surface area contributed by atoms with E-state index in [1.807, 2.05) is 0 Å². The molecule has 3 rings (SSSR count). The summed E-state index contributed by atoms with van der Waals surface area (Å²) in [6.07, 6.45) is 1.27. The molecule has 3 atom stereocenters. The van der Waals surface area contributed by atoms with Gasteiger partial charge in [-0.25, -0.2) is 9.59 Å². The predicted molar refractivity (Wildman–Crippen MR) is 141 cm³/mol. The number of carbonyl (C=O) groups is 4. The molecule has 12 heteroatoms. The van der Waals surface area contributed by atoms with Crippen LogP contribution in [0.2, 0.25) is 25.7 Å². The lowest BCUT2D eigenvalue weighted by Gasteiger charge is -2.37. The summed E-state index contributed by atoms with van der Waals surface area (Å²) in [7, 11) is -1.28. The third-order valence-electron chi connectivity index (χ3n) is 6.92. The molecule has 3 aliphatic rings. The minimum absolute atomic E-state index is 0.118. The largest absolute Gasteiger partial charge is 0.450 e. The maximum Gasteiger partial charge on any atom is 0.409 e. The van der Waals surface area contributed by atoms with Crippen LogP contribution in [0.5, 0.6) is 0 Å². The van der Waals surface area contributed by atoms with Gasteiger partial charge in [0.1, 0.15) is 17.2 Å². The lowest BCUT2D eigenvalue weighted by Crippen LogP contribution is -2.58. The van der Waals surface area contributed by atoms with Crippen molar-refractivity contribution in [1.29, 1.82) is 0 Å². The third-order valence-corrected chi connectivity index (χ3v) is 9.91. The molecule has 3 heterocycles. The summed E-state index contributed by atoms with van der Waals surface area (Å²) >= 11 is 1.52. The Bertz CT molecular complexity index is 868. The van der Waals surface area contributed by atoms with E-state index in [4.69, 9.17) is 15.2 Å². The summed E-state index contributed by atoms with van der Waals surface area (Å²) in [6.45, 7) is 13.6. The minimum atomic E-state index is -1.28. The Kier molecular flexibility index (Phi) is 8.59. The van der Waals surface area contributed by atoms with Crippen LogP contribution in [0.15, 0.2) is 0 Å². The van der Waals surface area contributed by atoms with Gasteiger partial charge in [-0.05, 0) is 52.0 Å². The van der Waals surface area contributed by atoms with E-state index in [2.05, 4.69) is 25.0 Å². The van der Waals surface area contributed by atoms with Gasteiger partial charge in [-0.3, -0.25) is 9.59 Å². The monoisotopic (exact) mass is 542 g/mol. The van der Waals surface area contributed by atoms with Gasteiger partial charge in [0, 0.05) is 33.3 Å². The molecule has 0 aliphatic carbocycles. The van der Waals surface area contributed by atoms with Crippen molar-refractivity contribution in [2.24, 2.45) is 11.7 Å². The van der Waals surface area contributed by atoms with Gasteiger partial charge in [-0.1, -0.05) is 19.6 Å². The van der Waals surface area contributed by atoms with Crippen molar-refractivity contribution in [2.45, 2.75) is 94.7 Å². The molecular weight excluding hydrogens is 500 g/mol. The number of rotatable bonds is 7. The topological polar surface area (TPSA) is 131 Å². The van der Waals surface area contributed by atoms with E-state index >= 15 is 0 Å². The van der Waals surface area contributed by atoms with Crippen LogP contribution in [0, 0.1) is 5.92 Å². The number of likely N-dealkylation sites (tertiary alicyclic amines) is 1. The molecule has 0 unspecified atom stereocenters. The summed E-state index contributed by atoms with van der Waals surface area (Å²) in [5.74, 6) is -0.230. The Morgan fingerprint density at radius 3 is 2.39 bits per heavy atom. The lowest BCUT2D eigenvalue weighted by molar-refractivity contribution is -0.139. The highest BCUT2D eigenvalue weighted by Crippen LogP contribution is 2.45. The number of primary amides is 1. The number of hydrogen-bond acceptors (Lipinski definition) is 7. The average molecular weight is 543 g/mol. The fourth-order valence-corrected chi connectivity index (χ4v) is 7.27. The molecule has 4 amide bonds. The lowest BCUT2D eigenvalue weighted by atomic mass is 9.81. The van der Waals surface area contributed by atoms with Gasteiger partial charge in [0.05, 0.1) is 12.0 Å². The summed E-state index contributed by atoms with van der Waals surface area (Å²) in [5, 5.41) is 2.67. The van der Waals surface area contributed by atoms with E-state index in [9.17, 15) is 19.2 Å². The summed E-state index contributed by atoms with van der Waals surface area (Å²) in [6, 6.07) is 0.251. The van der Waals surface area contributed by atoms with Gasteiger partial charge in [-0.15, -0.1) is 11.8 Å². The van der Waals surface area contributed by atoms with Crippen LogP contribution in [0.4, 0.5) is 9.59 Å². The number of nitrogens with two attached hydrogens (primary N) is 1. The first kappa shape index (κ1) is 28.6. The Balaban J connectivity index is 1.66. The van der Waals surface area contributed by atoms with Crippen molar-refractivity contribution in [2.75, 3.05) is 25.4 Å². The molecular formula is C24H42N4O6SSi. The molecule has 3 N–H and O–H groups in total. The van der Waals surface area contributed by atoms with Crippen LogP contribution in [0.1, 0.15) is 46.5 Å². The maximum atomic E-state index is 13.7. The number of piperidine rings is 1. The molecule has 36 heavy (non-hydrogen) atoms. The van der Waals surface area contributed by atoms with E-state index in [0.717, 1.165) is 6.04 Å². The number of ether oxygens (including phenoxy) is 2. The average Bonchev–Trinajstić information content (AvgIpc) is 3.24. The molecule has 0 radical (unpaired) electrons. The van der Waals surface area contributed by atoms with Gasteiger partial charge >= 0.3 is 12.2 Å². The zero-order valence-corrected chi connectivity index (χ0v) is 24.2. The summed E-state index contributed by atoms with van der Waals surface area (Å²) in [4.78, 5) is 54.3. The SMILES string of the molecule is CC(C)(C)OC(=O)N[C@]1(CC2CCN(C(=O)OCC[Si](C)(C)C)CC2)C[C@@H]2SC[C@@H](C(N)=O)N2C1=O. The highest BCUT2D eigenvalue weighted by molar-refractivity contribution is 8.00. The van der Waals surface area contributed by atoms with Crippen LogP contribution in [-0.2, 0) is 19.1 Å². The zero-order valence-electron chi connectivity index (χ0n) is 22.4. The second-order valence-electron chi connectivity index (χ2n) is 12.4. The van der Waals surface area contributed by atoms with Gasteiger partial charge in [0.2, 0.25) is 11.8 Å². The van der Waals surface area contributed by atoms with Gasteiger partial charge in [0.15, 0.2) is 0 Å². The van der Waals surface area contributed by atoms with Crippen LogP contribution in [0.3, 0.4) is 0 Å². The molecule has 0 spiro atoms. The number of alkyl carbamates (subject to hydrolysis) is 1. The Morgan fingerprint density at radius 2 is 1.83 bits per heavy atom. The Morgan fingerprint density at radius 1 is 1.19 bits per heavy atom. The standard InChI is InChI=1S/C24H42N4O6SSi/c1-23(2,3)34-21(31)26-24(14-18-28(20(24)30)17(15-35-18)19(25)29)13-16-7-9-27(10-8-16)22(32)33-11-12-36(4,5)6/h16-18H,7-15H2,1-6H3,(H2,25,29)(H,26,31)/t17-,18-,24+/m0/s1. The van der Waals surface area contributed by atoms with Crippen molar-refractivity contribution in [3.63, 3.8) is 0 Å². The number of nitrogens with zero attached hydrogens (tertiary/aromatic N) is 2. The summed E-state index contributed by atoms with van der Waals surface area (Å²) in [5.41, 5.74) is 3.69. The highest BCUT2D eigenvalue weighted by Gasteiger charge is 2.59. The normalized spacial score (nSPS) is 27.1. The molecule has 3 aliphatic heterocycles. The van der Waals surface area contributed by atoms with Gasteiger partial charge < -0.3 is 30.3 Å². The van der Waals surface area contributed by atoms with E-state index in [1.54, 1.807) is 30.6 Å². The van der Waals surface area contributed by atoms with Crippen molar-refractivity contribution in [3.05, 3.63) is 0 Å². The van der Waals surface area contributed by atoms with Gasteiger partial charge in [-0.2, -0.15) is 0 Å². The maximum absolute atomic E-state index is 13.7. The fraction of sp³-hybridized carbons (Fsp3) is 0.833. The number of hydrogen-bond donors (Lipinski definition) is 2. The molecule has 0 aromatic heterocycles. The first-order valence-corrected chi connectivity index (χ1v) is 17.5. The third kappa shape index (κ3) is 7.08. The van der Waals surface area contributed by atoms with Crippen LogP contribution < -0.4 is 11.1 Å². The Hall–Kier alpha value is -1.95. The first-order valence-electron chi connectivity index (χ1n) is 12.8. The number of nitrogens with one attached hydrogen (secondary N) is 1. The van der Waals surface area contributed by atoms with Gasteiger partial charge in [0.25, 0.3) is 0 Å². The van der Waals surface area contributed by atoms with Crippen LogP contribution in [0.25, 0.3) is 0 Å². The molecule has 204 valence electrons. The zero-order chi connectivity index (χ0) is 26.9. The number of fused-ring (bicyclic) bond motifs is 1. The molecule has 0 bridgehead atoms. The number of thioether (sulfide) groups is 1. The van der Waals surface area contributed by atoms with E-state index in [0.29, 0.717) is 51.1 Å². The molecule has 0 aromatic carbocycles. The highest BCUT2D eigenvalue weighted by atomic mass is 32.2. The van der Waals surface area contributed by atoms with Crippen LogP contribution >= 0.6 is 11.8 Å². The van der Waals surface area contributed by atoms with E-state index < -0.39 is 37.3 Å². The Labute approximate surface area is 219 Å². The first-order chi connectivity index (χ1) is 16.6. The van der Waals surface area contributed by atoms with Crippen molar-refractivity contribution in [1.82, 2.24) is 15.1 Å². The number of amides is 4. The quantitative estimate of drug-likeness (QED) is 0.473. The minimum Gasteiger partial charge on any atom is -0.450 e. The number of carbonyl (C=O) groups excluding carboxylic acids is 4. The molecule has 0 saturated carbocycles. The smallest absolute Gasteiger partial charge is 0.409 e. The van der Waals surface area contributed by atoms with E-state index in [1.165, 1.54) is 11.8 Å². The van der Waals surface area contributed by atoms with Crippen molar-refractivity contribution >= 4 is 43.8 Å².